The number of carboxylic acid groups (broad SMARTS) is 1. The normalized spacial score (nSPS) is 11.0. The van der Waals surface area contributed by atoms with Gasteiger partial charge in [0.2, 0.25) is 5.91 Å². The first kappa shape index (κ1) is 18.4. The van der Waals surface area contributed by atoms with Crippen molar-refractivity contribution in [1.29, 1.82) is 0 Å². The average Bonchev–Trinajstić information content (AvgIpc) is 2.39. The molecule has 0 saturated carbocycles. The summed E-state index contributed by atoms with van der Waals surface area (Å²) in [5.41, 5.74) is 0.296. The van der Waals surface area contributed by atoms with E-state index in [9.17, 15) is 18.4 Å². The summed E-state index contributed by atoms with van der Waals surface area (Å²) in [6, 6.07) is 6.26. The molecule has 0 atom stereocenters. The zero-order valence-corrected chi connectivity index (χ0v) is 12.9. The minimum absolute atomic E-state index is 0.103. The lowest BCUT2D eigenvalue weighted by molar-refractivity contribution is -0.138. The van der Waals surface area contributed by atoms with E-state index in [4.69, 9.17) is 5.11 Å². The molecular weight excluding hydrogens is 314 g/mol. The van der Waals surface area contributed by atoms with E-state index in [0.29, 0.717) is 30.4 Å². The molecule has 1 amide bonds. The number of anilines is 1. The molecule has 0 unspecified atom stereocenters. The van der Waals surface area contributed by atoms with Gasteiger partial charge in [0.05, 0.1) is 18.8 Å². The highest BCUT2D eigenvalue weighted by Gasteiger charge is 2.15. The molecule has 122 valence electrons. The van der Waals surface area contributed by atoms with Crippen LogP contribution in [0.5, 0.6) is 0 Å². The Kier molecular flexibility index (Phi) is 7.83. The third-order valence-corrected chi connectivity index (χ3v) is 3.43. The number of thioether (sulfide) groups is 1. The van der Waals surface area contributed by atoms with Crippen molar-refractivity contribution in [2.45, 2.75) is 24.0 Å². The second-order valence-electron chi connectivity index (χ2n) is 4.53. The molecule has 0 bridgehead atoms. The molecule has 0 radical (unpaired) electrons. The van der Waals surface area contributed by atoms with Gasteiger partial charge in [-0.15, -0.1) is 0 Å². The average molecular weight is 332 g/mol. The highest BCUT2D eigenvalue weighted by atomic mass is 32.2. The highest BCUT2D eigenvalue weighted by molar-refractivity contribution is 7.99. The van der Waals surface area contributed by atoms with Crippen LogP contribution in [0.25, 0.3) is 0 Å². The van der Waals surface area contributed by atoms with Gasteiger partial charge in [-0.1, -0.05) is 30.8 Å². The molecular formula is C14H18F2N2O3S. The standard InChI is InChI=1S/C14H18F2N2O3S/c1-2-7-18(9-13(20)21)8-12(19)17-10-5-3-4-6-11(10)22-14(15)16/h3-6,14H,2,7-9H2,1H3,(H,17,19)(H,20,21). The van der Waals surface area contributed by atoms with Crippen molar-refractivity contribution in [1.82, 2.24) is 4.90 Å². The van der Waals surface area contributed by atoms with E-state index in [0.717, 1.165) is 0 Å². The Bertz CT molecular complexity index is 515. The second kappa shape index (κ2) is 9.37. The van der Waals surface area contributed by atoms with Gasteiger partial charge >= 0.3 is 5.97 Å². The Morgan fingerprint density at radius 1 is 1.32 bits per heavy atom. The van der Waals surface area contributed by atoms with Crippen molar-refractivity contribution in [3.8, 4) is 0 Å². The lowest BCUT2D eigenvalue weighted by Crippen LogP contribution is -2.37. The van der Waals surface area contributed by atoms with Crippen LogP contribution in [0.2, 0.25) is 0 Å². The lowest BCUT2D eigenvalue weighted by atomic mass is 10.3. The molecule has 0 saturated heterocycles. The van der Waals surface area contributed by atoms with Gasteiger partial charge in [0.1, 0.15) is 0 Å². The predicted octanol–water partition coefficient (Wildman–Crippen LogP) is 2.74. The van der Waals surface area contributed by atoms with Crippen molar-refractivity contribution in [3.05, 3.63) is 24.3 Å². The highest BCUT2D eigenvalue weighted by Crippen LogP contribution is 2.31. The van der Waals surface area contributed by atoms with Gasteiger partial charge in [-0.3, -0.25) is 14.5 Å². The maximum atomic E-state index is 12.5. The molecule has 5 nitrogen and oxygen atoms in total. The number of halogens is 2. The van der Waals surface area contributed by atoms with Gasteiger partial charge in [-0.2, -0.15) is 8.78 Å². The molecule has 1 aromatic rings. The SMILES string of the molecule is CCCN(CC(=O)O)CC(=O)Nc1ccccc1SC(F)F. The lowest BCUT2D eigenvalue weighted by Gasteiger charge is -2.19. The van der Waals surface area contributed by atoms with Crippen molar-refractivity contribution in [2.24, 2.45) is 0 Å². The zero-order valence-electron chi connectivity index (χ0n) is 12.1. The molecule has 8 heteroatoms. The van der Waals surface area contributed by atoms with Gasteiger partial charge in [-0.05, 0) is 25.1 Å². The van der Waals surface area contributed by atoms with Crippen molar-refractivity contribution in [3.63, 3.8) is 0 Å². The van der Waals surface area contributed by atoms with E-state index in [-0.39, 0.29) is 18.0 Å². The number of amides is 1. The maximum absolute atomic E-state index is 12.5. The smallest absolute Gasteiger partial charge is 0.317 e. The van der Waals surface area contributed by atoms with Crippen LogP contribution >= 0.6 is 11.8 Å². The summed E-state index contributed by atoms with van der Waals surface area (Å²) in [7, 11) is 0. The van der Waals surface area contributed by atoms with E-state index >= 15 is 0 Å². The number of nitrogens with zero attached hydrogens (tertiary/aromatic N) is 1. The number of hydrogen-bond acceptors (Lipinski definition) is 4. The molecule has 0 aliphatic heterocycles. The summed E-state index contributed by atoms with van der Waals surface area (Å²) in [5, 5.41) is 11.3. The number of carboxylic acids is 1. The van der Waals surface area contributed by atoms with E-state index in [1.807, 2.05) is 6.92 Å². The number of alkyl halides is 2. The molecule has 0 heterocycles. The van der Waals surface area contributed by atoms with Crippen LogP contribution < -0.4 is 5.32 Å². The van der Waals surface area contributed by atoms with Gasteiger partial charge in [0, 0.05) is 4.90 Å². The van der Waals surface area contributed by atoms with Gasteiger partial charge < -0.3 is 10.4 Å². The van der Waals surface area contributed by atoms with Crippen LogP contribution in [-0.4, -0.2) is 47.3 Å². The molecule has 0 aliphatic rings. The Hall–Kier alpha value is -1.67. The third kappa shape index (κ3) is 6.86. The van der Waals surface area contributed by atoms with Crippen LogP contribution in [0.3, 0.4) is 0 Å². The van der Waals surface area contributed by atoms with Crippen LogP contribution in [0.1, 0.15) is 13.3 Å². The van der Waals surface area contributed by atoms with Crippen LogP contribution in [0.4, 0.5) is 14.5 Å². The van der Waals surface area contributed by atoms with Crippen molar-refractivity contribution >= 4 is 29.3 Å². The van der Waals surface area contributed by atoms with Crippen molar-refractivity contribution < 1.29 is 23.5 Å². The first-order valence-corrected chi connectivity index (χ1v) is 7.58. The number of carbonyl (C=O) groups is 2. The van der Waals surface area contributed by atoms with Gasteiger partial charge in [0.15, 0.2) is 0 Å². The fourth-order valence-corrected chi connectivity index (χ4v) is 2.48. The van der Waals surface area contributed by atoms with E-state index < -0.39 is 17.6 Å². The summed E-state index contributed by atoms with van der Waals surface area (Å²) < 4.78 is 24.9. The molecule has 0 fully saturated rings. The summed E-state index contributed by atoms with van der Waals surface area (Å²) >= 11 is 0.351. The Labute approximate surface area is 131 Å². The quantitative estimate of drug-likeness (QED) is 0.681. The number of para-hydroxylation sites is 1. The number of rotatable bonds is 9. The van der Waals surface area contributed by atoms with Crippen LogP contribution in [0, 0.1) is 0 Å². The number of carbonyl (C=O) groups excluding carboxylic acids is 1. The molecule has 2 N–H and O–H groups in total. The molecule has 22 heavy (non-hydrogen) atoms. The first-order valence-electron chi connectivity index (χ1n) is 6.70. The summed E-state index contributed by atoms with van der Waals surface area (Å²) in [4.78, 5) is 24.5. The van der Waals surface area contributed by atoms with E-state index in [2.05, 4.69) is 5.32 Å². The van der Waals surface area contributed by atoms with E-state index in [1.54, 1.807) is 12.1 Å². The summed E-state index contributed by atoms with van der Waals surface area (Å²) in [6.45, 7) is 2.00. The molecule has 1 rings (SSSR count). The van der Waals surface area contributed by atoms with Gasteiger partial charge in [0.25, 0.3) is 5.76 Å². The maximum Gasteiger partial charge on any atom is 0.317 e. The second-order valence-corrected chi connectivity index (χ2v) is 5.56. The topological polar surface area (TPSA) is 69.6 Å². The van der Waals surface area contributed by atoms with Crippen molar-refractivity contribution in [2.75, 3.05) is 25.0 Å². The molecule has 0 spiro atoms. The van der Waals surface area contributed by atoms with Gasteiger partial charge in [-0.25, -0.2) is 0 Å². The fourth-order valence-electron chi connectivity index (χ4n) is 1.88. The first-order chi connectivity index (χ1) is 10.4. The molecule has 0 aliphatic carbocycles. The van der Waals surface area contributed by atoms with E-state index in [1.165, 1.54) is 17.0 Å². The minimum atomic E-state index is -2.58. The number of aliphatic carboxylic acids is 1. The number of nitrogens with one attached hydrogen (secondary N) is 1. The largest absolute Gasteiger partial charge is 0.480 e. The monoisotopic (exact) mass is 332 g/mol. The zero-order chi connectivity index (χ0) is 16.5. The minimum Gasteiger partial charge on any atom is -0.480 e. The Balaban J connectivity index is 2.69. The summed E-state index contributed by atoms with van der Waals surface area (Å²) in [5.74, 6) is -4.03. The number of benzene rings is 1. The molecule has 0 aromatic heterocycles. The Morgan fingerprint density at radius 2 is 2.00 bits per heavy atom. The van der Waals surface area contributed by atoms with Crippen LogP contribution in [0.15, 0.2) is 29.2 Å². The van der Waals surface area contributed by atoms with Crippen LogP contribution in [-0.2, 0) is 9.59 Å². The summed E-state index contributed by atoms with van der Waals surface area (Å²) in [6.07, 6.45) is 0.707. The number of hydrogen-bond donors (Lipinski definition) is 2. The third-order valence-electron chi connectivity index (χ3n) is 2.64. The fraction of sp³-hybridized carbons (Fsp3) is 0.429. The Morgan fingerprint density at radius 3 is 2.59 bits per heavy atom. The predicted molar refractivity (Wildman–Crippen MR) is 81.3 cm³/mol. The molecule has 1 aromatic carbocycles.